The summed E-state index contributed by atoms with van der Waals surface area (Å²) in [7, 11) is 0. The van der Waals surface area contributed by atoms with E-state index in [1.807, 2.05) is 0 Å². The predicted molar refractivity (Wildman–Crippen MR) is 40.5 cm³/mol. The summed E-state index contributed by atoms with van der Waals surface area (Å²) in [6.45, 7) is 0.101. The summed E-state index contributed by atoms with van der Waals surface area (Å²) in [5.74, 6) is -1.60. The Hall–Kier alpha value is -0.840. The van der Waals surface area contributed by atoms with Crippen LogP contribution >= 0.6 is 0 Å². The third kappa shape index (κ3) is 2.30. The second-order valence-corrected chi connectivity index (χ2v) is 2.86. The molecule has 0 aromatic carbocycles. The average molecular weight is 195 g/mol. The van der Waals surface area contributed by atoms with Crippen molar-refractivity contribution in [2.45, 2.75) is 12.6 Å². The van der Waals surface area contributed by atoms with E-state index in [0.29, 0.717) is 0 Å². The third-order valence-corrected chi connectivity index (χ3v) is 1.87. The molecule has 0 saturated heterocycles. The molecule has 1 atom stereocenters. The Morgan fingerprint density at radius 2 is 2.08 bits per heavy atom. The molecule has 0 saturated carbocycles. The molecule has 1 unspecified atom stereocenters. The van der Waals surface area contributed by atoms with E-state index in [4.69, 9.17) is 5.73 Å². The Labute approximate surface area is 72.9 Å². The molecule has 5 heteroatoms. The number of allylic oxidation sites excluding steroid dienone is 3. The minimum absolute atomic E-state index is 0.101. The molecule has 0 aromatic heterocycles. The first-order chi connectivity index (χ1) is 5.95. The van der Waals surface area contributed by atoms with Gasteiger partial charge in [0.25, 0.3) is 0 Å². The van der Waals surface area contributed by atoms with Crippen LogP contribution in [0.15, 0.2) is 23.6 Å². The van der Waals surface area contributed by atoms with Crippen LogP contribution in [0, 0.1) is 5.92 Å². The molecule has 1 nitrogen and oxygen atoms in total. The van der Waals surface area contributed by atoms with Gasteiger partial charge in [-0.1, -0.05) is 6.08 Å². The molecule has 0 amide bonds. The zero-order valence-corrected chi connectivity index (χ0v) is 6.74. The standard InChI is InChI=1S/C8H9F4N/c9-7-2-1-5(4-13)3-6(7)8(10,11)12/h2-3,5H,1,4,13H2. The van der Waals surface area contributed by atoms with Crippen molar-refractivity contribution >= 4 is 0 Å². The molecule has 13 heavy (non-hydrogen) atoms. The molecular formula is C8H9F4N. The fourth-order valence-corrected chi connectivity index (χ4v) is 1.14. The Balaban J connectivity index is 2.91. The van der Waals surface area contributed by atoms with E-state index in [-0.39, 0.29) is 13.0 Å². The summed E-state index contributed by atoms with van der Waals surface area (Å²) in [6, 6.07) is 0. The van der Waals surface area contributed by atoms with E-state index in [2.05, 4.69) is 0 Å². The first-order valence-corrected chi connectivity index (χ1v) is 3.80. The summed E-state index contributed by atoms with van der Waals surface area (Å²) in [5.41, 5.74) is 3.99. The molecule has 2 N–H and O–H groups in total. The van der Waals surface area contributed by atoms with Crippen molar-refractivity contribution in [2.75, 3.05) is 6.54 Å². The fourth-order valence-electron chi connectivity index (χ4n) is 1.14. The van der Waals surface area contributed by atoms with E-state index >= 15 is 0 Å². The van der Waals surface area contributed by atoms with Crippen LogP contribution in [0.3, 0.4) is 0 Å². The van der Waals surface area contributed by atoms with E-state index in [0.717, 1.165) is 12.2 Å². The van der Waals surface area contributed by atoms with Gasteiger partial charge in [-0.05, 0) is 25.0 Å². The maximum atomic E-state index is 12.7. The van der Waals surface area contributed by atoms with Gasteiger partial charge >= 0.3 is 6.18 Å². The van der Waals surface area contributed by atoms with Crippen molar-refractivity contribution in [2.24, 2.45) is 11.7 Å². The Morgan fingerprint density at radius 3 is 2.54 bits per heavy atom. The molecule has 0 spiro atoms. The van der Waals surface area contributed by atoms with E-state index in [9.17, 15) is 17.6 Å². The van der Waals surface area contributed by atoms with Gasteiger partial charge in [0.1, 0.15) is 5.83 Å². The van der Waals surface area contributed by atoms with Gasteiger partial charge in [0.2, 0.25) is 0 Å². The van der Waals surface area contributed by atoms with Crippen molar-refractivity contribution in [3.05, 3.63) is 23.6 Å². The molecule has 0 aromatic rings. The maximum Gasteiger partial charge on any atom is 0.418 e. The number of rotatable bonds is 1. The largest absolute Gasteiger partial charge is 0.418 e. The van der Waals surface area contributed by atoms with Gasteiger partial charge < -0.3 is 5.73 Å². The molecular weight excluding hydrogens is 186 g/mol. The lowest BCUT2D eigenvalue weighted by Gasteiger charge is -2.18. The molecule has 0 radical (unpaired) electrons. The topological polar surface area (TPSA) is 26.0 Å². The lowest BCUT2D eigenvalue weighted by Crippen LogP contribution is -2.20. The van der Waals surface area contributed by atoms with Crippen molar-refractivity contribution in [3.8, 4) is 0 Å². The van der Waals surface area contributed by atoms with Crippen molar-refractivity contribution < 1.29 is 17.6 Å². The first-order valence-electron chi connectivity index (χ1n) is 3.80. The zero-order chi connectivity index (χ0) is 10.1. The van der Waals surface area contributed by atoms with Gasteiger partial charge in [-0.15, -0.1) is 0 Å². The highest BCUT2D eigenvalue weighted by Gasteiger charge is 2.38. The van der Waals surface area contributed by atoms with Crippen molar-refractivity contribution in [3.63, 3.8) is 0 Å². The third-order valence-electron chi connectivity index (χ3n) is 1.87. The second-order valence-electron chi connectivity index (χ2n) is 2.86. The summed E-state index contributed by atoms with van der Waals surface area (Å²) in [6.07, 6.45) is -2.59. The van der Waals surface area contributed by atoms with Crippen LogP contribution in [-0.2, 0) is 0 Å². The van der Waals surface area contributed by atoms with Gasteiger partial charge in [0.05, 0.1) is 5.57 Å². The van der Waals surface area contributed by atoms with Crippen LogP contribution in [0.5, 0.6) is 0 Å². The molecule has 0 heterocycles. The number of halogens is 4. The first kappa shape index (κ1) is 10.2. The number of hydrogen-bond acceptors (Lipinski definition) is 1. The molecule has 0 bridgehead atoms. The molecule has 1 aliphatic carbocycles. The van der Waals surface area contributed by atoms with Gasteiger partial charge in [0, 0.05) is 0 Å². The summed E-state index contributed by atoms with van der Waals surface area (Å²) >= 11 is 0. The van der Waals surface area contributed by atoms with Crippen LogP contribution in [0.25, 0.3) is 0 Å². The van der Waals surface area contributed by atoms with Gasteiger partial charge in [-0.2, -0.15) is 13.2 Å². The Morgan fingerprint density at radius 1 is 1.46 bits per heavy atom. The van der Waals surface area contributed by atoms with Gasteiger partial charge in [-0.3, -0.25) is 0 Å². The number of nitrogens with two attached hydrogens (primary N) is 1. The normalized spacial score (nSPS) is 23.9. The second kappa shape index (κ2) is 3.49. The van der Waals surface area contributed by atoms with E-state index < -0.39 is 23.5 Å². The lowest BCUT2D eigenvalue weighted by atomic mass is 9.95. The zero-order valence-electron chi connectivity index (χ0n) is 6.74. The van der Waals surface area contributed by atoms with Crippen LogP contribution in [0.4, 0.5) is 17.6 Å². The molecule has 0 aliphatic heterocycles. The summed E-state index contributed by atoms with van der Waals surface area (Å²) in [4.78, 5) is 0. The van der Waals surface area contributed by atoms with Crippen LogP contribution in [0.2, 0.25) is 0 Å². The minimum Gasteiger partial charge on any atom is -0.330 e. The van der Waals surface area contributed by atoms with E-state index in [1.54, 1.807) is 0 Å². The highest BCUT2D eigenvalue weighted by Crippen LogP contribution is 2.36. The Bertz CT molecular complexity index is 251. The molecule has 74 valence electrons. The average Bonchev–Trinajstić information content (AvgIpc) is 2.03. The highest BCUT2D eigenvalue weighted by atomic mass is 19.4. The fraction of sp³-hybridized carbons (Fsp3) is 0.500. The monoisotopic (exact) mass is 195 g/mol. The van der Waals surface area contributed by atoms with Gasteiger partial charge in [-0.25, -0.2) is 4.39 Å². The maximum absolute atomic E-state index is 12.7. The quantitative estimate of drug-likeness (QED) is 0.638. The summed E-state index contributed by atoms with van der Waals surface area (Å²) < 4.78 is 49.0. The number of hydrogen-bond donors (Lipinski definition) is 1. The summed E-state index contributed by atoms with van der Waals surface area (Å²) in [5, 5.41) is 0. The smallest absolute Gasteiger partial charge is 0.330 e. The Kier molecular flexibility index (Phi) is 2.75. The van der Waals surface area contributed by atoms with Gasteiger partial charge in [0.15, 0.2) is 0 Å². The highest BCUT2D eigenvalue weighted by molar-refractivity contribution is 5.33. The van der Waals surface area contributed by atoms with Crippen LogP contribution < -0.4 is 5.73 Å². The minimum atomic E-state index is -4.62. The van der Waals surface area contributed by atoms with Crippen LogP contribution in [-0.4, -0.2) is 12.7 Å². The predicted octanol–water partition coefficient (Wildman–Crippen LogP) is 2.31. The van der Waals surface area contributed by atoms with Crippen molar-refractivity contribution in [1.82, 2.24) is 0 Å². The number of alkyl halides is 3. The van der Waals surface area contributed by atoms with Crippen molar-refractivity contribution in [1.29, 1.82) is 0 Å². The SMILES string of the molecule is NCC1C=C(C(F)(F)F)C(F)=CC1. The van der Waals surface area contributed by atoms with Crippen LogP contribution in [0.1, 0.15) is 6.42 Å². The van der Waals surface area contributed by atoms with E-state index in [1.165, 1.54) is 0 Å². The molecule has 0 fully saturated rings. The molecule has 1 rings (SSSR count). The molecule has 1 aliphatic rings. The lowest BCUT2D eigenvalue weighted by molar-refractivity contribution is -0.0918.